The topological polar surface area (TPSA) is 66.0 Å². The van der Waals surface area contributed by atoms with Crippen LogP contribution in [-0.4, -0.2) is 24.4 Å². The van der Waals surface area contributed by atoms with Crippen LogP contribution in [0.15, 0.2) is 18.2 Å². The number of hydrogen-bond donors (Lipinski definition) is 2. The van der Waals surface area contributed by atoms with Crippen molar-refractivity contribution in [2.45, 2.75) is 26.2 Å². The molecule has 4 nitrogen and oxygen atoms in total. The van der Waals surface area contributed by atoms with E-state index in [4.69, 9.17) is 11.1 Å². The smallest absolute Gasteiger partial charge is 0.141 e. The number of amidine groups is 1. The normalized spacial score (nSPS) is 10.1. The van der Waals surface area contributed by atoms with Crippen LogP contribution >= 0.6 is 0 Å². The molecule has 0 atom stereocenters. The van der Waals surface area contributed by atoms with Gasteiger partial charge in [0.1, 0.15) is 17.3 Å². The Morgan fingerprint density at radius 1 is 1.44 bits per heavy atom. The van der Waals surface area contributed by atoms with Gasteiger partial charge in [0.25, 0.3) is 0 Å². The lowest BCUT2D eigenvalue weighted by atomic mass is 10.2. The molecular formula is C12H20N4. The predicted octanol–water partition coefficient (Wildman–Crippen LogP) is 1.99. The Morgan fingerprint density at radius 2 is 2.19 bits per heavy atom. The number of unbranched alkanes of at least 4 members (excludes halogenated alkanes) is 2. The number of nitrogens with two attached hydrogens (primary N) is 1. The highest BCUT2D eigenvalue weighted by molar-refractivity contribution is 5.93. The number of rotatable bonds is 6. The van der Waals surface area contributed by atoms with Crippen molar-refractivity contribution < 1.29 is 0 Å². The molecule has 0 bridgehead atoms. The molecule has 0 saturated heterocycles. The van der Waals surface area contributed by atoms with Gasteiger partial charge in [-0.2, -0.15) is 0 Å². The van der Waals surface area contributed by atoms with Gasteiger partial charge in [-0.1, -0.05) is 25.8 Å². The standard InChI is InChI=1S/C12H20N4/c1-3-4-5-9-16(2)11-8-6-7-10(15-11)12(13)14/h6-8H,3-5,9H2,1-2H3,(H3,13,14). The van der Waals surface area contributed by atoms with E-state index in [1.807, 2.05) is 19.2 Å². The Labute approximate surface area is 97.0 Å². The second-order valence-electron chi connectivity index (χ2n) is 3.92. The molecule has 0 unspecified atom stereocenters. The van der Waals surface area contributed by atoms with Crippen LogP contribution in [0.1, 0.15) is 31.9 Å². The van der Waals surface area contributed by atoms with Crippen molar-refractivity contribution in [1.29, 1.82) is 5.41 Å². The fourth-order valence-corrected chi connectivity index (χ4v) is 1.50. The zero-order valence-corrected chi connectivity index (χ0v) is 10.0. The third-order valence-electron chi connectivity index (χ3n) is 2.50. The molecule has 1 aromatic rings. The highest BCUT2D eigenvalue weighted by Gasteiger charge is 2.04. The number of nitrogens with one attached hydrogen (secondary N) is 1. The van der Waals surface area contributed by atoms with Gasteiger partial charge in [0.05, 0.1) is 0 Å². The Bertz CT molecular complexity index is 349. The third kappa shape index (κ3) is 3.53. The van der Waals surface area contributed by atoms with Crippen molar-refractivity contribution >= 4 is 11.7 Å². The number of hydrogen-bond acceptors (Lipinski definition) is 3. The Balaban J connectivity index is 2.64. The van der Waals surface area contributed by atoms with Crippen LogP contribution in [0.5, 0.6) is 0 Å². The Hall–Kier alpha value is -1.58. The molecule has 0 fully saturated rings. The van der Waals surface area contributed by atoms with Crippen LogP contribution in [0.2, 0.25) is 0 Å². The fraction of sp³-hybridized carbons (Fsp3) is 0.500. The van der Waals surface area contributed by atoms with Crippen LogP contribution in [0.3, 0.4) is 0 Å². The first-order chi connectivity index (χ1) is 7.65. The summed E-state index contributed by atoms with van der Waals surface area (Å²) in [7, 11) is 2.02. The molecule has 0 saturated carbocycles. The quantitative estimate of drug-likeness (QED) is 0.438. The summed E-state index contributed by atoms with van der Waals surface area (Å²) in [5.41, 5.74) is 5.95. The van der Waals surface area contributed by atoms with Gasteiger partial charge >= 0.3 is 0 Å². The average Bonchev–Trinajstić information content (AvgIpc) is 2.29. The SMILES string of the molecule is CCCCCN(C)c1cccc(C(=N)N)n1. The summed E-state index contributed by atoms with van der Waals surface area (Å²) in [6, 6.07) is 5.58. The molecule has 0 aliphatic heterocycles. The Morgan fingerprint density at radius 3 is 2.81 bits per heavy atom. The molecule has 3 N–H and O–H groups in total. The lowest BCUT2D eigenvalue weighted by Gasteiger charge is -2.18. The van der Waals surface area contributed by atoms with Crippen molar-refractivity contribution in [3.05, 3.63) is 23.9 Å². The van der Waals surface area contributed by atoms with Crippen LogP contribution in [0.4, 0.5) is 5.82 Å². The van der Waals surface area contributed by atoms with Gasteiger partial charge in [-0.3, -0.25) is 5.41 Å². The van der Waals surface area contributed by atoms with E-state index in [2.05, 4.69) is 16.8 Å². The maximum atomic E-state index is 7.34. The molecule has 0 aliphatic carbocycles. The second kappa shape index (κ2) is 6.10. The van der Waals surface area contributed by atoms with Gasteiger partial charge in [0.15, 0.2) is 0 Å². The van der Waals surface area contributed by atoms with Gasteiger partial charge in [-0.25, -0.2) is 4.98 Å². The number of aromatic nitrogens is 1. The first-order valence-corrected chi connectivity index (χ1v) is 5.67. The van der Waals surface area contributed by atoms with E-state index in [0.29, 0.717) is 5.69 Å². The summed E-state index contributed by atoms with van der Waals surface area (Å²) >= 11 is 0. The van der Waals surface area contributed by atoms with Gasteiger partial charge in [0, 0.05) is 13.6 Å². The van der Waals surface area contributed by atoms with E-state index in [0.717, 1.165) is 12.4 Å². The Kier molecular flexibility index (Phi) is 4.76. The maximum Gasteiger partial charge on any atom is 0.141 e. The first-order valence-electron chi connectivity index (χ1n) is 5.67. The van der Waals surface area contributed by atoms with E-state index in [-0.39, 0.29) is 5.84 Å². The number of nitrogen functional groups attached to an aromatic ring is 1. The summed E-state index contributed by atoms with van der Waals surface area (Å²) in [6.07, 6.45) is 3.62. The molecule has 1 rings (SSSR count). The zero-order valence-electron chi connectivity index (χ0n) is 10.0. The second-order valence-corrected chi connectivity index (χ2v) is 3.92. The van der Waals surface area contributed by atoms with Crippen molar-refractivity contribution in [3.63, 3.8) is 0 Å². The molecule has 0 aromatic carbocycles. The third-order valence-corrected chi connectivity index (χ3v) is 2.50. The molecule has 0 spiro atoms. The van der Waals surface area contributed by atoms with Gasteiger partial charge in [0.2, 0.25) is 0 Å². The predicted molar refractivity (Wildman–Crippen MR) is 68.0 cm³/mol. The van der Waals surface area contributed by atoms with E-state index in [1.54, 1.807) is 6.07 Å². The zero-order chi connectivity index (χ0) is 12.0. The van der Waals surface area contributed by atoms with Crippen molar-refractivity contribution in [1.82, 2.24) is 4.98 Å². The summed E-state index contributed by atoms with van der Waals surface area (Å²) < 4.78 is 0. The van der Waals surface area contributed by atoms with Gasteiger partial charge in [-0.15, -0.1) is 0 Å². The molecule has 0 radical (unpaired) electrons. The van der Waals surface area contributed by atoms with Crippen molar-refractivity contribution in [2.24, 2.45) is 5.73 Å². The molecule has 16 heavy (non-hydrogen) atoms. The van der Waals surface area contributed by atoms with Crippen LogP contribution in [-0.2, 0) is 0 Å². The van der Waals surface area contributed by atoms with Gasteiger partial charge < -0.3 is 10.6 Å². The first kappa shape index (κ1) is 12.5. The highest BCUT2D eigenvalue weighted by atomic mass is 15.2. The average molecular weight is 220 g/mol. The van der Waals surface area contributed by atoms with E-state index in [1.165, 1.54) is 19.3 Å². The monoisotopic (exact) mass is 220 g/mol. The van der Waals surface area contributed by atoms with Crippen LogP contribution < -0.4 is 10.6 Å². The van der Waals surface area contributed by atoms with Crippen LogP contribution in [0.25, 0.3) is 0 Å². The number of pyridine rings is 1. The maximum absolute atomic E-state index is 7.34. The molecule has 88 valence electrons. The fourth-order valence-electron chi connectivity index (χ4n) is 1.50. The molecule has 0 amide bonds. The minimum Gasteiger partial charge on any atom is -0.382 e. The molecule has 1 heterocycles. The largest absolute Gasteiger partial charge is 0.382 e. The van der Waals surface area contributed by atoms with E-state index in [9.17, 15) is 0 Å². The van der Waals surface area contributed by atoms with E-state index < -0.39 is 0 Å². The minimum atomic E-state index is 0.0174. The minimum absolute atomic E-state index is 0.0174. The number of anilines is 1. The van der Waals surface area contributed by atoms with Crippen LogP contribution in [0, 0.1) is 5.41 Å². The van der Waals surface area contributed by atoms with E-state index >= 15 is 0 Å². The molecular weight excluding hydrogens is 200 g/mol. The summed E-state index contributed by atoms with van der Waals surface area (Å²) in [4.78, 5) is 6.43. The highest BCUT2D eigenvalue weighted by Crippen LogP contribution is 2.10. The molecule has 1 aromatic heterocycles. The molecule has 4 heteroatoms. The summed E-state index contributed by atoms with van der Waals surface area (Å²) in [6.45, 7) is 3.18. The summed E-state index contributed by atoms with van der Waals surface area (Å²) in [5, 5.41) is 7.34. The summed E-state index contributed by atoms with van der Waals surface area (Å²) in [5.74, 6) is 0.896. The lowest BCUT2D eigenvalue weighted by Crippen LogP contribution is -2.21. The van der Waals surface area contributed by atoms with Crippen molar-refractivity contribution in [3.8, 4) is 0 Å². The molecule has 0 aliphatic rings. The van der Waals surface area contributed by atoms with Gasteiger partial charge in [-0.05, 0) is 18.6 Å². The lowest BCUT2D eigenvalue weighted by molar-refractivity contribution is 0.701. The number of nitrogens with zero attached hydrogens (tertiary/aromatic N) is 2. The van der Waals surface area contributed by atoms with Crippen molar-refractivity contribution in [2.75, 3.05) is 18.5 Å².